The molecule has 1 rings (SSSR count). The van der Waals surface area contributed by atoms with E-state index in [1.165, 1.54) is 19.3 Å². The second kappa shape index (κ2) is 13.8. The number of carbonyl (C=O) groups is 2. The van der Waals surface area contributed by atoms with Crippen LogP contribution in [0.3, 0.4) is 0 Å². The Morgan fingerprint density at radius 1 is 0.962 bits per heavy atom. The first-order valence-electron chi connectivity index (χ1n) is 9.20. The Bertz CT molecular complexity index is 559. The Balaban J connectivity index is 2.11. The van der Waals surface area contributed by atoms with E-state index in [9.17, 15) is 9.59 Å². The molecule has 0 aliphatic carbocycles. The van der Waals surface area contributed by atoms with Gasteiger partial charge in [-0.15, -0.1) is 0 Å². The molecule has 26 heavy (non-hydrogen) atoms. The number of rotatable bonds is 13. The Morgan fingerprint density at radius 3 is 2.31 bits per heavy atom. The summed E-state index contributed by atoms with van der Waals surface area (Å²) in [6.07, 6.45) is 6.55. The average Bonchev–Trinajstić information content (AvgIpc) is 2.63. The predicted octanol–water partition coefficient (Wildman–Crippen LogP) is 5.03. The number of benzene rings is 1. The topological polar surface area (TPSA) is 61.8 Å². The zero-order valence-electron chi connectivity index (χ0n) is 15.7. The fourth-order valence-corrected chi connectivity index (χ4v) is 3.18. The summed E-state index contributed by atoms with van der Waals surface area (Å²) < 4.78 is 16.6. The number of hydrogen-bond acceptors (Lipinski definition) is 5. The number of halogens is 1. The lowest BCUT2D eigenvalue weighted by Gasteiger charge is -2.08. The maximum atomic E-state index is 11.8. The van der Waals surface area contributed by atoms with Gasteiger partial charge >= 0.3 is 11.9 Å². The van der Waals surface area contributed by atoms with Crippen molar-refractivity contribution in [2.24, 2.45) is 0 Å². The van der Waals surface area contributed by atoms with Gasteiger partial charge in [-0.05, 0) is 53.1 Å². The smallest absolute Gasteiger partial charge is 0.306 e. The summed E-state index contributed by atoms with van der Waals surface area (Å²) in [4.78, 5) is 23.4. The van der Waals surface area contributed by atoms with E-state index in [4.69, 9.17) is 14.2 Å². The molecule has 0 saturated carbocycles. The SMILES string of the molecule is CCCCCCCOC(=O)CCCC(=O)OCc1ccc(OC)c(I)c1. The van der Waals surface area contributed by atoms with Gasteiger partial charge in [0.1, 0.15) is 12.4 Å². The van der Waals surface area contributed by atoms with Crippen molar-refractivity contribution >= 4 is 34.5 Å². The van der Waals surface area contributed by atoms with E-state index in [-0.39, 0.29) is 31.4 Å². The summed E-state index contributed by atoms with van der Waals surface area (Å²) in [5.41, 5.74) is 0.908. The van der Waals surface area contributed by atoms with Crippen LogP contribution in [0.2, 0.25) is 0 Å². The normalized spacial score (nSPS) is 10.4. The van der Waals surface area contributed by atoms with Crippen molar-refractivity contribution in [2.45, 2.75) is 64.9 Å². The van der Waals surface area contributed by atoms with Crippen molar-refractivity contribution in [3.05, 3.63) is 27.3 Å². The molecule has 1 aromatic carbocycles. The average molecular weight is 476 g/mol. The molecule has 0 fully saturated rings. The van der Waals surface area contributed by atoms with Crippen molar-refractivity contribution in [3.63, 3.8) is 0 Å². The highest BCUT2D eigenvalue weighted by Crippen LogP contribution is 2.22. The zero-order chi connectivity index (χ0) is 19.2. The summed E-state index contributed by atoms with van der Waals surface area (Å²) in [6.45, 7) is 2.87. The number of esters is 2. The van der Waals surface area contributed by atoms with E-state index in [1.807, 2.05) is 18.2 Å². The van der Waals surface area contributed by atoms with E-state index in [0.29, 0.717) is 13.0 Å². The van der Waals surface area contributed by atoms with Crippen LogP contribution in [-0.2, 0) is 25.7 Å². The molecule has 0 N–H and O–H groups in total. The van der Waals surface area contributed by atoms with Gasteiger partial charge in [-0.25, -0.2) is 0 Å². The van der Waals surface area contributed by atoms with Crippen LogP contribution in [0.15, 0.2) is 18.2 Å². The molecule has 0 atom stereocenters. The Kier molecular flexibility index (Phi) is 12.1. The zero-order valence-corrected chi connectivity index (χ0v) is 17.9. The Labute approximate surface area is 169 Å². The Morgan fingerprint density at radius 2 is 1.65 bits per heavy atom. The number of methoxy groups -OCH3 is 1. The summed E-state index contributed by atoms with van der Waals surface area (Å²) >= 11 is 2.18. The van der Waals surface area contributed by atoms with E-state index in [2.05, 4.69) is 29.5 Å². The van der Waals surface area contributed by atoms with Gasteiger partial charge in [-0.3, -0.25) is 9.59 Å². The van der Waals surface area contributed by atoms with Gasteiger partial charge in [-0.2, -0.15) is 0 Å². The summed E-state index contributed by atoms with van der Waals surface area (Å²) in [5.74, 6) is 0.255. The first-order chi connectivity index (χ1) is 12.6. The minimum Gasteiger partial charge on any atom is -0.496 e. The summed E-state index contributed by atoms with van der Waals surface area (Å²) in [5, 5.41) is 0. The van der Waals surface area contributed by atoms with Crippen LogP contribution in [0.25, 0.3) is 0 Å². The van der Waals surface area contributed by atoms with Gasteiger partial charge in [0.2, 0.25) is 0 Å². The molecule has 0 aromatic heterocycles. The standard InChI is InChI=1S/C20H29IO5/c1-3-4-5-6-7-13-25-19(22)9-8-10-20(23)26-15-16-11-12-18(24-2)17(21)14-16/h11-12,14H,3-10,13,15H2,1-2H3. The fourth-order valence-electron chi connectivity index (χ4n) is 2.38. The van der Waals surface area contributed by atoms with Gasteiger partial charge < -0.3 is 14.2 Å². The maximum absolute atomic E-state index is 11.8. The third-order valence-corrected chi connectivity index (χ3v) is 4.73. The molecular formula is C20H29IO5. The van der Waals surface area contributed by atoms with Crippen molar-refractivity contribution in [1.82, 2.24) is 0 Å². The minimum atomic E-state index is -0.303. The van der Waals surface area contributed by atoms with E-state index in [0.717, 1.165) is 27.7 Å². The van der Waals surface area contributed by atoms with Crippen LogP contribution < -0.4 is 4.74 Å². The largest absolute Gasteiger partial charge is 0.496 e. The van der Waals surface area contributed by atoms with E-state index >= 15 is 0 Å². The molecule has 0 unspecified atom stereocenters. The minimum absolute atomic E-state index is 0.221. The van der Waals surface area contributed by atoms with Crippen molar-refractivity contribution in [1.29, 1.82) is 0 Å². The predicted molar refractivity (Wildman–Crippen MR) is 109 cm³/mol. The molecule has 5 nitrogen and oxygen atoms in total. The molecular weight excluding hydrogens is 447 g/mol. The lowest BCUT2D eigenvalue weighted by molar-refractivity contribution is -0.146. The van der Waals surface area contributed by atoms with Gasteiger partial charge in [0.05, 0.1) is 17.3 Å². The number of ether oxygens (including phenoxy) is 3. The van der Waals surface area contributed by atoms with Crippen molar-refractivity contribution < 1.29 is 23.8 Å². The first-order valence-corrected chi connectivity index (χ1v) is 10.3. The summed E-state index contributed by atoms with van der Waals surface area (Å²) in [6, 6.07) is 5.64. The second-order valence-electron chi connectivity index (χ2n) is 6.12. The van der Waals surface area contributed by atoms with E-state index < -0.39 is 0 Å². The molecule has 0 saturated heterocycles. The van der Waals surface area contributed by atoms with Gasteiger partial charge in [-0.1, -0.05) is 38.7 Å². The molecule has 0 heterocycles. The van der Waals surface area contributed by atoms with Gasteiger partial charge in [0.15, 0.2) is 0 Å². The van der Waals surface area contributed by atoms with Crippen LogP contribution >= 0.6 is 22.6 Å². The molecule has 0 amide bonds. The summed E-state index contributed by atoms with van der Waals surface area (Å²) in [7, 11) is 1.62. The molecule has 0 radical (unpaired) electrons. The highest BCUT2D eigenvalue weighted by atomic mass is 127. The first kappa shape index (κ1) is 22.7. The highest BCUT2D eigenvalue weighted by molar-refractivity contribution is 14.1. The van der Waals surface area contributed by atoms with Crippen LogP contribution in [-0.4, -0.2) is 25.7 Å². The monoisotopic (exact) mass is 476 g/mol. The van der Waals surface area contributed by atoms with Gasteiger partial charge in [0.25, 0.3) is 0 Å². The number of hydrogen-bond donors (Lipinski definition) is 0. The molecule has 146 valence electrons. The molecule has 1 aromatic rings. The number of carbonyl (C=O) groups excluding carboxylic acids is 2. The van der Waals surface area contributed by atoms with Crippen LogP contribution in [0.1, 0.15) is 63.9 Å². The molecule has 0 aliphatic heterocycles. The van der Waals surface area contributed by atoms with Crippen LogP contribution in [0.5, 0.6) is 5.75 Å². The van der Waals surface area contributed by atoms with Crippen molar-refractivity contribution in [2.75, 3.05) is 13.7 Å². The lowest BCUT2D eigenvalue weighted by Crippen LogP contribution is -2.09. The van der Waals surface area contributed by atoms with Gasteiger partial charge in [0, 0.05) is 12.8 Å². The Hall–Kier alpha value is -1.31. The third-order valence-electron chi connectivity index (χ3n) is 3.89. The lowest BCUT2D eigenvalue weighted by atomic mass is 10.2. The number of unbranched alkanes of at least 4 members (excludes halogenated alkanes) is 4. The van der Waals surface area contributed by atoms with E-state index in [1.54, 1.807) is 7.11 Å². The highest BCUT2D eigenvalue weighted by Gasteiger charge is 2.08. The molecule has 0 spiro atoms. The maximum Gasteiger partial charge on any atom is 0.306 e. The third kappa shape index (κ3) is 9.99. The fraction of sp³-hybridized carbons (Fsp3) is 0.600. The molecule has 0 aliphatic rings. The second-order valence-corrected chi connectivity index (χ2v) is 7.28. The quantitative estimate of drug-likeness (QED) is 0.227. The molecule has 6 heteroatoms. The molecule has 0 bridgehead atoms. The van der Waals surface area contributed by atoms with Crippen LogP contribution in [0.4, 0.5) is 0 Å². The van der Waals surface area contributed by atoms with Crippen molar-refractivity contribution in [3.8, 4) is 5.75 Å². The van der Waals surface area contributed by atoms with Crippen LogP contribution in [0, 0.1) is 3.57 Å².